The molecule has 0 aliphatic heterocycles. The van der Waals surface area contributed by atoms with Gasteiger partial charge in [-0.15, -0.1) is 0 Å². The predicted molar refractivity (Wildman–Crippen MR) is 82.5 cm³/mol. The zero-order chi connectivity index (χ0) is 18.3. The Morgan fingerprint density at radius 3 is 1.43 bits per heavy atom. The van der Waals surface area contributed by atoms with Crippen LogP contribution >= 0.6 is 7.60 Å². The maximum Gasteiger partial charge on any atom is 0.361 e. The van der Waals surface area contributed by atoms with Crippen molar-refractivity contribution in [3.8, 4) is 0 Å². The monoisotopic (exact) mass is 354 g/mol. The fraction of sp³-hybridized carbons (Fsp3) is 0.857. The van der Waals surface area contributed by atoms with E-state index in [0.717, 1.165) is 0 Å². The minimum absolute atomic E-state index is 0.368. The van der Waals surface area contributed by atoms with Crippen LogP contribution in [0.2, 0.25) is 0 Å². The molecule has 0 aliphatic rings. The summed E-state index contributed by atoms with van der Waals surface area (Å²) in [5.41, 5.74) is -1.42. The van der Waals surface area contributed by atoms with Gasteiger partial charge in [-0.05, 0) is 41.5 Å². The van der Waals surface area contributed by atoms with Gasteiger partial charge in [0.1, 0.15) is 6.35 Å². The summed E-state index contributed by atoms with van der Waals surface area (Å²) in [4.78, 5) is 23.2. The summed E-state index contributed by atoms with van der Waals surface area (Å²) in [5.74, 6) is -1.03. The molecule has 0 aromatic heterocycles. The summed E-state index contributed by atoms with van der Waals surface area (Å²) >= 11 is 0. The number of rotatable bonds is 8. The first-order valence-corrected chi connectivity index (χ1v) is 8.76. The molecule has 0 aromatic rings. The third-order valence-corrected chi connectivity index (χ3v) is 3.96. The van der Waals surface area contributed by atoms with Gasteiger partial charge >= 0.3 is 19.5 Å². The molecule has 8 nitrogen and oxygen atoms in total. The second-order valence-electron chi connectivity index (χ2n) is 6.89. The number of carbonyl (C=O) groups excluding carboxylic acids is 2. The number of esters is 2. The van der Waals surface area contributed by atoms with Crippen molar-refractivity contribution in [2.24, 2.45) is 10.8 Å². The van der Waals surface area contributed by atoms with E-state index < -0.39 is 44.0 Å². The van der Waals surface area contributed by atoms with E-state index in [1.807, 2.05) is 0 Å². The number of hydrogen-bond acceptors (Lipinski definition) is 8. The number of ether oxygens (including phenoxy) is 3. The largest absolute Gasteiger partial charge is 0.438 e. The van der Waals surface area contributed by atoms with Gasteiger partial charge in [0, 0.05) is 7.11 Å². The smallest absolute Gasteiger partial charge is 0.361 e. The first kappa shape index (κ1) is 22.1. The molecule has 0 bridgehead atoms. The molecule has 0 heterocycles. The first-order chi connectivity index (χ1) is 10.3. The Morgan fingerprint density at radius 2 is 1.17 bits per heavy atom. The van der Waals surface area contributed by atoms with Crippen LogP contribution in [0.5, 0.6) is 0 Å². The quantitative estimate of drug-likeness (QED) is 0.373. The van der Waals surface area contributed by atoms with Crippen LogP contribution in [0.3, 0.4) is 0 Å². The summed E-state index contributed by atoms with van der Waals surface area (Å²) < 4.78 is 36.7. The molecular weight excluding hydrogens is 327 g/mol. The molecule has 23 heavy (non-hydrogen) atoms. The topological polar surface area (TPSA) is 97.4 Å². The van der Waals surface area contributed by atoms with Crippen molar-refractivity contribution in [1.29, 1.82) is 0 Å². The van der Waals surface area contributed by atoms with Crippen LogP contribution in [-0.2, 0) is 37.4 Å². The summed E-state index contributed by atoms with van der Waals surface area (Å²) in [6.45, 7) is 8.94. The van der Waals surface area contributed by atoms with Gasteiger partial charge in [0.2, 0.25) is 13.6 Å². The summed E-state index contributed by atoms with van der Waals surface area (Å²) in [6, 6.07) is 0. The normalized spacial score (nSPS) is 12.8. The molecule has 0 atom stereocenters. The number of methoxy groups -OCH3 is 1. The second-order valence-corrected chi connectivity index (χ2v) is 8.88. The molecule has 0 aromatic carbocycles. The highest BCUT2D eigenvalue weighted by Crippen LogP contribution is 2.48. The van der Waals surface area contributed by atoms with E-state index in [1.165, 1.54) is 7.11 Å². The van der Waals surface area contributed by atoms with Gasteiger partial charge in [-0.3, -0.25) is 23.2 Å². The first-order valence-electron chi connectivity index (χ1n) is 7.03. The van der Waals surface area contributed by atoms with Gasteiger partial charge in [-0.1, -0.05) is 0 Å². The highest BCUT2D eigenvalue weighted by molar-refractivity contribution is 7.53. The molecule has 0 N–H and O–H groups in total. The molecule has 0 aliphatic carbocycles. The van der Waals surface area contributed by atoms with E-state index in [1.54, 1.807) is 41.5 Å². The fourth-order valence-corrected chi connectivity index (χ4v) is 1.99. The molecule has 9 heteroatoms. The minimum Gasteiger partial charge on any atom is -0.438 e. The maximum absolute atomic E-state index is 12.3. The maximum atomic E-state index is 12.3. The van der Waals surface area contributed by atoms with Crippen LogP contribution in [0.4, 0.5) is 0 Å². The Hall–Kier alpha value is -0.950. The van der Waals surface area contributed by atoms with Crippen molar-refractivity contribution in [2.75, 3.05) is 27.0 Å². The molecule has 136 valence electrons. The van der Waals surface area contributed by atoms with Crippen molar-refractivity contribution in [2.45, 2.75) is 41.5 Å². The zero-order valence-electron chi connectivity index (χ0n) is 14.8. The van der Waals surface area contributed by atoms with Crippen molar-refractivity contribution in [3.05, 3.63) is 0 Å². The molecular formula is C14H27O8P. The SMILES string of the molecule is COCP(=O)(OCOC(=O)C(C)(C)C)OCOC(=O)C(C)(C)C. The van der Waals surface area contributed by atoms with Crippen LogP contribution in [-0.4, -0.2) is 39.0 Å². The average molecular weight is 354 g/mol. The van der Waals surface area contributed by atoms with Crippen LogP contribution in [0.15, 0.2) is 0 Å². The standard InChI is InChI=1S/C14H27O8P/c1-13(2,3)11(15)19-8-21-23(17,10-18-7)22-9-20-12(16)14(4,5)6/h8-10H2,1-7H3. The highest BCUT2D eigenvalue weighted by atomic mass is 31.2. The third-order valence-electron chi connectivity index (χ3n) is 2.39. The Kier molecular flexibility index (Phi) is 8.41. The van der Waals surface area contributed by atoms with Crippen LogP contribution in [0, 0.1) is 10.8 Å². The summed E-state index contributed by atoms with van der Waals surface area (Å²) in [6.07, 6.45) is -0.368. The minimum atomic E-state index is -3.71. The van der Waals surface area contributed by atoms with Crippen molar-refractivity contribution < 1.29 is 37.4 Å². The number of hydrogen-bond donors (Lipinski definition) is 0. The molecule has 0 rings (SSSR count). The van der Waals surface area contributed by atoms with E-state index in [4.69, 9.17) is 23.3 Å². The Bertz CT molecular complexity index is 411. The van der Waals surface area contributed by atoms with Gasteiger partial charge in [-0.25, -0.2) is 0 Å². The fourth-order valence-electron chi connectivity index (χ4n) is 1.02. The number of carbonyl (C=O) groups is 2. The molecule has 0 fully saturated rings. The Morgan fingerprint density at radius 1 is 0.826 bits per heavy atom. The molecule has 0 unspecified atom stereocenters. The second kappa shape index (κ2) is 8.78. The summed E-state index contributed by atoms with van der Waals surface area (Å²) in [7, 11) is -2.41. The highest BCUT2D eigenvalue weighted by Gasteiger charge is 2.29. The van der Waals surface area contributed by atoms with E-state index in [9.17, 15) is 14.2 Å². The van der Waals surface area contributed by atoms with Crippen LogP contribution in [0.1, 0.15) is 41.5 Å². The van der Waals surface area contributed by atoms with E-state index in [2.05, 4.69) is 0 Å². The molecule has 0 saturated carbocycles. The zero-order valence-corrected chi connectivity index (χ0v) is 15.7. The van der Waals surface area contributed by atoms with Crippen LogP contribution < -0.4 is 0 Å². The van der Waals surface area contributed by atoms with Crippen molar-refractivity contribution in [1.82, 2.24) is 0 Å². The van der Waals surface area contributed by atoms with Gasteiger partial charge in [0.05, 0.1) is 10.8 Å². The summed E-state index contributed by atoms with van der Waals surface area (Å²) in [5, 5.41) is 0. The van der Waals surface area contributed by atoms with Crippen LogP contribution in [0.25, 0.3) is 0 Å². The van der Waals surface area contributed by atoms with Gasteiger partial charge in [0.25, 0.3) is 0 Å². The lowest BCUT2D eigenvalue weighted by Gasteiger charge is -2.21. The lowest BCUT2D eigenvalue weighted by molar-refractivity contribution is -0.162. The lowest BCUT2D eigenvalue weighted by atomic mass is 9.98. The van der Waals surface area contributed by atoms with Gasteiger partial charge < -0.3 is 14.2 Å². The third kappa shape index (κ3) is 9.05. The molecule has 0 radical (unpaired) electrons. The van der Waals surface area contributed by atoms with E-state index in [-0.39, 0.29) is 6.35 Å². The van der Waals surface area contributed by atoms with E-state index >= 15 is 0 Å². The molecule has 0 spiro atoms. The van der Waals surface area contributed by atoms with Crippen molar-refractivity contribution in [3.63, 3.8) is 0 Å². The molecule has 0 saturated heterocycles. The van der Waals surface area contributed by atoms with Crippen molar-refractivity contribution >= 4 is 19.5 Å². The van der Waals surface area contributed by atoms with E-state index in [0.29, 0.717) is 0 Å². The molecule has 0 amide bonds. The Balaban J connectivity index is 4.43. The van der Waals surface area contributed by atoms with Gasteiger partial charge in [-0.2, -0.15) is 0 Å². The lowest BCUT2D eigenvalue weighted by Crippen LogP contribution is -2.25. The Labute approximate surface area is 137 Å². The predicted octanol–water partition coefficient (Wildman–Crippen LogP) is 2.91. The van der Waals surface area contributed by atoms with Gasteiger partial charge in [0.15, 0.2) is 0 Å². The average Bonchev–Trinajstić information content (AvgIpc) is 2.36.